The van der Waals surface area contributed by atoms with E-state index >= 15 is 0 Å². The van der Waals surface area contributed by atoms with Gasteiger partial charge in [0.15, 0.2) is 0 Å². The van der Waals surface area contributed by atoms with Crippen LogP contribution in [0.1, 0.15) is 50.3 Å². The summed E-state index contributed by atoms with van der Waals surface area (Å²) in [6.07, 6.45) is 6.13. The number of hydrogen-bond acceptors (Lipinski definition) is 6. The van der Waals surface area contributed by atoms with Gasteiger partial charge >= 0.3 is 0 Å². The number of nitro groups is 1. The lowest BCUT2D eigenvalue weighted by Crippen LogP contribution is -2.55. The molecular weight excluding hydrogens is 324 g/mol. The van der Waals surface area contributed by atoms with Crippen molar-refractivity contribution in [3.05, 3.63) is 39.9 Å². The van der Waals surface area contributed by atoms with Crippen LogP contribution in [0.25, 0.3) is 0 Å². The molecule has 25 heavy (non-hydrogen) atoms. The lowest BCUT2D eigenvalue weighted by atomic mass is 9.95. The number of rotatable bonds is 3. The van der Waals surface area contributed by atoms with Crippen molar-refractivity contribution in [1.82, 2.24) is 4.90 Å². The third-order valence-electron chi connectivity index (χ3n) is 5.87. The molecule has 3 aliphatic rings. The summed E-state index contributed by atoms with van der Waals surface area (Å²) in [6, 6.07) is 6.51. The van der Waals surface area contributed by atoms with Crippen molar-refractivity contribution >= 4 is 5.69 Å². The van der Waals surface area contributed by atoms with Gasteiger partial charge < -0.3 is 14.6 Å². The first-order valence-corrected chi connectivity index (χ1v) is 9.01. The molecule has 3 fully saturated rings. The van der Waals surface area contributed by atoms with E-state index in [2.05, 4.69) is 4.90 Å². The van der Waals surface area contributed by atoms with Crippen molar-refractivity contribution < 1.29 is 19.5 Å². The Morgan fingerprint density at radius 1 is 1.16 bits per heavy atom. The van der Waals surface area contributed by atoms with E-state index < -0.39 is 16.2 Å². The van der Waals surface area contributed by atoms with Gasteiger partial charge in [0.1, 0.15) is 12.0 Å². The van der Waals surface area contributed by atoms with Gasteiger partial charge in [-0.2, -0.15) is 0 Å². The first kappa shape index (κ1) is 16.9. The Labute approximate surface area is 146 Å². The van der Waals surface area contributed by atoms with Crippen molar-refractivity contribution in [2.45, 2.75) is 56.0 Å². The van der Waals surface area contributed by atoms with Gasteiger partial charge in [-0.25, -0.2) is 4.90 Å². The van der Waals surface area contributed by atoms with Crippen LogP contribution in [-0.4, -0.2) is 46.0 Å². The van der Waals surface area contributed by atoms with Crippen molar-refractivity contribution in [3.63, 3.8) is 0 Å². The predicted molar refractivity (Wildman–Crippen MR) is 89.8 cm³/mol. The molecule has 0 amide bonds. The summed E-state index contributed by atoms with van der Waals surface area (Å²) in [5.74, 6) is 0. The molecule has 1 aromatic carbocycles. The first-order chi connectivity index (χ1) is 12.1. The molecule has 0 bridgehead atoms. The molecule has 7 heteroatoms. The van der Waals surface area contributed by atoms with E-state index in [1.165, 1.54) is 25.0 Å². The van der Waals surface area contributed by atoms with E-state index in [9.17, 15) is 15.2 Å². The van der Waals surface area contributed by atoms with Crippen LogP contribution in [0.4, 0.5) is 5.69 Å². The summed E-state index contributed by atoms with van der Waals surface area (Å²) >= 11 is 0. The third-order valence-corrected chi connectivity index (χ3v) is 5.87. The Morgan fingerprint density at radius 3 is 2.44 bits per heavy atom. The fourth-order valence-corrected chi connectivity index (χ4v) is 4.56. The Balaban J connectivity index is 1.69. The molecule has 2 saturated heterocycles. The maximum absolute atomic E-state index is 10.9. The maximum Gasteiger partial charge on any atom is 0.269 e. The smallest absolute Gasteiger partial charge is 0.269 e. The van der Waals surface area contributed by atoms with Crippen molar-refractivity contribution in [2.24, 2.45) is 0 Å². The number of benzene rings is 1. The molecular formula is C18H24N2O5. The quantitative estimate of drug-likeness (QED) is 0.668. The van der Waals surface area contributed by atoms with E-state index in [-0.39, 0.29) is 18.5 Å². The van der Waals surface area contributed by atoms with Gasteiger partial charge in [-0.1, -0.05) is 12.8 Å². The third kappa shape index (κ3) is 2.66. The van der Waals surface area contributed by atoms with Crippen LogP contribution in [-0.2, 0) is 9.47 Å². The van der Waals surface area contributed by atoms with Gasteiger partial charge in [0.2, 0.25) is 0 Å². The molecule has 1 aliphatic carbocycles. The van der Waals surface area contributed by atoms with Crippen molar-refractivity contribution in [3.8, 4) is 0 Å². The highest BCUT2D eigenvalue weighted by molar-refractivity contribution is 5.34. The summed E-state index contributed by atoms with van der Waals surface area (Å²) in [5.41, 5.74) is 0.0194. The van der Waals surface area contributed by atoms with Gasteiger partial charge in [0, 0.05) is 12.1 Å². The lowest BCUT2D eigenvalue weighted by molar-refractivity contribution is -0.384. The molecule has 2 aliphatic heterocycles. The maximum atomic E-state index is 10.9. The summed E-state index contributed by atoms with van der Waals surface area (Å²) in [4.78, 5) is 12.7. The summed E-state index contributed by atoms with van der Waals surface area (Å²) in [5, 5.41) is 21.0. The number of aliphatic hydroxyl groups excluding tert-OH is 1. The fourth-order valence-electron chi connectivity index (χ4n) is 4.56. The minimum atomic E-state index is -0.517. The molecule has 2 atom stereocenters. The molecule has 4 rings (SSSR count). The monoisotopic (exact) mass is 348 g/mol. The number of nitrogens with zero attached hydrogens (tertiary/aromatic N) is 2. The zero-order valence-electron chi connectivity index (χ0n) is 14.2. The number of ether oxygens (including phenoxy) is 2. The van der Waals surface area contributed by atoms with Gasteiger partial charge in [-0.3, -0.25) is 10.1 Å². The van der Waals surface area contributed by atoms with Crippen LogP contribution in [0.15, 0.2) is 24.3 Å². The summed E-state index contributed by atoms with van der Waals surface area (Å²) in [6.45, 7) is 0.859. The van der Waals surface area contributed by atoms with E-state index in [1.807, 2.05) is 0 Å². The van der Waals surface area contributed by atoms with E-state index in [0.29, 0.717) is 13.2 Å². The highest BCUT2D eigenvalue weighted by atomic mass is 16.6. The minimum Gasteiger partial charge on any atom is -0.394 e. The Hall–Kier alpha value is -1.54. The van der Waals surface area contributed by atoms with Crippen LogP contribution in [0.2, 0.25) is 0 Å². The molecule has 2 heterocycles. The molecule has 1 saturated carbocycles. The van der Waals surface area contributed by atoms with Crippen LogP contribution >= 0.6 is 0 Å². The molecule has 0 aromatic heterocycles. The molecule has 7 nitrogen and oxygen atoms in total. The van der Waals surface area contributed by atoms with Crippen LogP contribution in [0, 0.1) is 10.1 Å². The lowest BCUT2D eigenvalue weighted by Gasteiger charge is -2.41. The molecule has 0 unspecified atom stereocenters. The molecule has 136 valence electrons. The second-order valence-corrected chi connectivity index (χ2v) is 7.41. The Morgan fingerprint density at radius 2 is 1.84 bits per heavy atom. The van der Waals surface area contributed by atoms with E-state index in [1.54, 1.807) is 12.1 Å². The fraction of sp³-hybridized carbons (Fsp3) is 0.667. The van der Waals surface area contributed by atoms with Crippen LogP contribution in [0.5, 0.6) is 0 Å². The first-order valence-electron chi connectivity index (χ1n) is 9.01. The Kier molecular flexibility index (Phi) is 4.27. The number of fused-ring (bicyclic) bond motifs is 2. The number of aliphatic hydroxyl groups is 1. The average molecular weight is 348 g/mol. The Bertz CT molecular complexity index is 641. The summed E-state index contributed by atoms with van der Waals surface area (Å²) < 4.78 is 12.4. The van der Waals surface area contributed by atoms with Gasteiger partial charge in [0.25, 0.3) is 5.69 Å². The molecule has 1 spiro atoms. The predicted octanol–water partition coefficient (Wildman–Crippen LogP) is 2.74. The van der Waals surface area contributed by atoms with Crippen molar-refractivity contribution in [1.29, 1.82) is 0 Å². The SMILES string of the molecule is O=[N+]([O-])c1ccc([C@@H]2OC[C@]3(CO)COC4(CCCCCC4)N23)cc1. The van der Waals surface area contributed by atoms with E-state index in [0.717, 1.165) is 31.2 Å². The largest absolute Gasteiger partial charge is 0.394 e. The standard InChI is InChI=1S/C18H24N2O5/c21-11-17-12-24-16(14-5-7-15(8-6-14)20(22)23)19(17)18(25-13-17)9-3-1-2-4-10-18/h5-8,16,21H,1-4,9-13H2/t16-,17+/m0/s1. The molecule has 1 aromatic rings. The zero-order valence-corrected chi connectivity index (χ0v) is 14.2. The van der Waals surface area contributed by atoms with Crippen molar-refractivity contribution in [2.75, 3.05) is 19.8 Å². The number of non-ortho nitro benzene ring substituents is 1. The highest BCUT2D eigenvalue weighted by Gasteiger charge is 2.62. The second-order valence-electron chi connectivity index (χ2n) is 7.41. The second kappa shape index (κ2) is 6.32. The van der Waals surface area contributed by atoms with Gasteiger partial charge in [0.05, 0.1) is 30.3 Å². The average Bonchev–Trinajstić information content (AvgIpc) is 3.05. The highest BCUT2D eigenvalue weighted by Crippen LogP contribution is 2.52. The normalized spacial score (nSPS) is 31.8. The van der Waals surface area contributed by atoms with Gasteiger partial charge in [-0.05, 0) is 43.4 Å². The zero-order chi connectivity index (χ0) is 17.5. The number of hydrogen-bond donors (Lipinski definition) is 1. The van der Waals surface area contributed by atoms with E-state index in [4.69, 9.17) is 9.47 Å². The van der Waals surface area contributed by atoms with Crippen LogP contribution < -0.4 is 0 Å². The minimum absolute atomic E-state index is 0.0156. The topological polar surface area (TPSA) is 85.1 Å². The summed E-state index contributed by atoms with van der Waals surface area (Å²) in [7, 11) is 0. The molecule has 0 radical (unpaired) electrons. The van der Waals surface area contributed by atoms with Crippen LogP contribution in [0.3, 0.4) is 0 Å². The van der Waals surface area contributed by atoms with Gasteiger partial charge in [-0.15, -0.1) is 0 Å². The number of nitro benzene ring substituents is 1. The molecule has 1 N–H and O–H groups in total.